The number of aromatic nitrogens is 2. The third-order valence-corrected chi connectivity index (χ3v) is 5.48. The van der Waals surface area contributed by atoms with E-state index in [0.717, 1.165) is 36.0 Å². The Morgan fingerprint density at radius 2 is 1.71 bits per heavy atom. The maximum absolute atomic E-state index is 5.78. The topological polar surface area (TPSA) is 47.5 Å². The maximum Gasteiger partial charge on any atom is 0.161 e. The molecule has 1 fully saturated rings. The molecule has 5 heteroatoms. The molecule has 2 aromatic carbocycles. The van der Waals surface area contributed by atoms with Crippen LogP contribution in [0.2, 0.25) is 0 Å². The molecule has 0 unspecified atom stereocenters. The number of benzene rings is 2. The van der Waals surface area contributed by atoms with E-state index in [1.165, 1.54) is 24.0 Å². The second-order valence-electron chi connectivity index (χ2n) is 7.30. The van der Waals surface area contributed by atoms with E-state index < -0.39 is 0 Å². The lowest BCUT2D eigenvalue weighted by Crippen LogP contribution is -2.23. The largest absolute Gasteiger partial charge is 0.486 e. The SMILES string of the molecule is c1cnc(-c2ccc(CN3CCC[C@H]3c3ccc4c(c3)OCCO4)cc2)nc1. The summed E-state index contributed by atoms with van der Waals surface area (Å²) in [6.07, 6.45) is 5.95. The van der Waals surface area contributed by atoms with E-state index in [-0.39, 0.29) is 0 Å². The molecule has 5 nitrogen and oxygen atoms in total. The Hall–Kier alpha value is -2.92. The van der Waals surface area contributed by atoms with Crippen molar-refractivity contribution in [3.05, 3.63) is 72.1 Å². The Kier molecular flexibility index (Phi) is 4.67. The zero-order valence-corrected chi connectivity index (χ0v) is 15.8. The van der Waals surface area contributed by atoms with Gasteiger partial charge in [0.05, 0.1) is 0 Å². The maximum atomic E-state index is 5.78. The fourth-order valence-electron chi connectivity index (χ4n) is 4.10. The fourth-order valence-corrected chi connectivity index (χ4v) is 4.10. The van der Waals surface area contributed by atoms with E-state index in [1.807, 2.05) is 6.07 Å². The molecule has 2 aliphatic heterocycles. The number of fused-ring (bicyclic) bond motifs is 1. The average Bonchev–Trinajstić information content (AvgIpc) is 3.23. The van der Waals surface area contributed by atoms with Gasteiger partial charge >= 0.3 is 0 Å². The minimum atomic E-state index is 0.424. The summed E-state index contributed by atoms with van der Waals surface area (Å²) in [4.78, 5) is 11.2. The first-order valence-corrected chi connectivity index (χ1v) is 9.87. The Morgan fingerprint density at radius 3 is 2.54 bits per heavy atom. The highest BCUT2D eigenvalue weighted by Crippen LogP contribution is 2.38. The second-order valence-corrected chi connectivity index (χ2v) is 7.30. The zero-order valence-electron chi connectivity index (χ0n) is 15.8. The van der Waals surface area contributed by atoms with Crippen LogP contribution >= 0.6 is 0 Å². The van der Waals surface area contributed by atoms with Crippen LogP contribution in [0.1, 0.15) is 30.0 Å². The molecule has 3 heterocycles. The van der Waals surface area contributed by atoms with E-state index in [0.29, 0.717) is 19.3 Å². The summed E-state index contributed by atoms with van der Waals surface area (Å²) in [5, 5.41) is 0. The van der Waals surface area contributed by atoms with E-state index in [1.54, 1.807) is 12.4 Å². The van der Waals surface area contributed by atoms with Crippen molar-refractivity contribution in [3.8, 4) is 22.9 Å². The van der Waals surface area contributed by atoms with Crippen molar-refractivity contribution in [1.29, 1.82) is 0 Å². The highest BCUT2D eigenvalue weighted by Gasteiger charge is 2.27. The van der Waals surface area contributed by atoms with Crippen molar-refractivity contribution in [1.82, 2.24) is 14.9 Å². The summed E-state index contributed by atoms with van der Waals surface area (Å²) >= 11 is 0. The van der Waals surface area contributed by atoms with Crippen molar-refractivity contribution in [2.45, 2.75) is 25.4 Å². The predicted molar refractivity (Wildman–Crippen MR) is 107 cm³/mol. The normalized spacial score (nSPS) is 18.9. The Morgan fingerprint density at radius 1 is 0.929 bits per heavy atom. The van der Waals surface area contributed by atoms with E-state index >= 15 is 0 Å². The summed E-state index contributed by atoms with van der Waals surface area (Å²) in [5.74, 6) is 2.51. The molecule has 1 aromatic heterocycles. The summed E-state index contributed by atoms with van der Waals surface area (Å²) < 4.78 is 11.4. The molecule has 0 spiro atoms. The molecule has 2 aliphatic rings. The second kappa shape index (κ2) is 7.60. The number of hydrogen-bond acceptors (Lipinski definition) is 5. The lowest BCUT2D eigenvalue weighted by Gasteiger charge is -2.26. The van der Waals surface area contributed by atoms with Gasteiger partial charge in [-0.25, -0.2) is 9.97 Å². The van der Waals surface area contributed by atoms with Crippen LogP contribution in [-0.2, 0) is 6.54 Å². The molecule has 0 aliphatic carbocycles. The van der Waals surface area contributed by atoms with E-state index in [9.17, 15) is 0 Å². The summed E-state index contributed by atoms with van der Waals surface area (Å²) in [5.41, 5.74) is 3.68. The molecule has 1 saturated heterocycles. The highest BCUT2D eigenvalue weighted by atomic mass is 16.6. The smallest absolute Gasteiger partial charge is 0.161 e. The fraction of sp³-hybridized carbons (Fsp3) is 0.304. The molecule has 0 bridgehead atoms. The monoisotopic (exact) mass is 373 g/mol. The highest BCUT2D eigenvalue weighted by molar-refractivity contribution is 5.54. The van der Waals surface area contributed by atoms with Crippen molar-refractivity contribution in [2.75, 3.05) is 19.8 Å². The van der Waals surface area contributed by atoms with Crippen LogP contribution in [0.5, 0.6) is 11.5 Å². The summed E-state index contributed by atoms with van der Waals surface area (Å²) in [7, 11) is 0. The third kappa shape index (κ3) is 3.45. The van der Waals surface area contributed by atoms with E-state index in [4.69, 9.17) is 9.47 Å². The number of nitrogens with zero attached hydrogens (tertiary/aromatic N) is 3. The van der Waals surface area contributed by atoms with Crippen molar-refractivity contribution < 1.29 is 9.47 Å². The van der Waals surface area contributed by atoms with Crippen molar-refractivity contribution in [2.24, 2.45) is 0 Å². The molecular weight excluding hydrogens is 350 g/mol. The van der Waals surface area contributed by atoms with Crippen LogP contribution in [0, 0.1) is 0 Å². The predicted octanol–water partition coefficient (Wildman–Crippen LogP) is 4.25. The summed E-state index contributed by atoms with van der Waals surface area (Å²) in [6, 6.07) is 17.3. The van der Waals surface area contributed by atoms with Crippen LogP contribution in [0.4, 0.5) is 0 Å². The molecule has 0 amide bonds. The zero-order chi connectivity index (χ0) is 18.8. The van der Waals surface area contributed by atoms with E-state index in [2.05, 4.69) is 57.3 Å². The molecular formula is C23H23N3O2. The summed E-state index contributed by atoms with van der Waals surface area (Å²) in [6.45, 7) is 3.31. The molecule has 0 radical (unpaired) electrons. The standard InChI is InChI=1S/C23H23N3O2/c1-3-20(19-8-9-21-22(15-19)28-14-13-27-21)26(12-1)16-17-4-6-18(7-5-17)23-24-10-2-11-25-23/h2,4-11,15,20H,1,3,12-14,16H2/t20-/m0/s1. The first kappa shape index (κ1) is 17.2. The Labute approximate surface area is 165 Å². The van der Waals surface area contributed by atoms with Gasteiger partial charge in [-0.05, 0) is 48.7 Å². The number of ether oxygens (including phenoxy) is 2. The quantitative estimate of drug-likeness (QED) is 0.684. The average molecular weight is 373 g/mol. The number of hydrogen-bond donors (Lipinski definition) is 0. The van der Waals surface area contributed by atoms with Gasteiger partial charge in [0.2, 0.25) is 0 Å². The van der Waals surface area contributed by atoms with Crippen molar-refractivity contribution in [3.63, 3.8) is 0 Å². The van der Waals surface area contributed by atoms with Crippen LogP contribution in [0.3, 0.4) is 0 Å². The van der Waals surface area contributed by atoms with Gasteiger partial charge in [0.25, 0.3) is 0 Å². The first-order chi connectivity index (χ1) is 13.9. The minimum absolute atomic E-state index is 0.424. The van der Waals surface area contributed by atoms with Gasteiger partial charge in [0.15, 0.2) is 17.3 Å². The lowest BCUT2D eigenvalue weighted by molar-refractivity contribution is 0.170. The number of likely N-dealkylation sites (tertiary alicyclic amines) is 1. The molecule has 28 heavy (non-hydrogen) atoms. The Balaban J connectivity index is 1.32. The minimum Gasteiger partial charge on any atom is -0.486 e. The molecule has 142 valence electrons. The van der Waals surface area contributed by atoms with Crippen LogP contribution in [0.15, 0.2) is 60.9 Å². The molecule has 3 aromatic rings. The Bertz CT molecular complexity index is 944. The van der Waals surface area contributed by atoms with Gasteiger partial charge < -0.3 is 9.47 Å². The van der Waals surface area contributed by atoms with Gasteiger partial charge in [-0.1, -0.05) is 30.3 Å². The molecule has 0 N–H and O–H groups in total. The lowest BCUT2D eigenvalue weighted by atomic mass is 10.0. The van der Waals surface area contributed by atoms with Crippen molar-refractivity contribution >= 4 is 0 Å². The molecule has 0 saturated carbocycles. The van der Waals surface area contributed by atoms with Gasteiger partial charge in [0, 0.05) is 30.5 Å². The van der Waals surface area contributed by atoms with Gasteiger partial charge in [-0.2, -0.15) is 0 Å². The first-order valence-electron chi connectivity index (χ1n) is 9.87. The number of rotatable bonds is 4. The molecule has 5 rings (SSSR count). The van der Waals surface area contributed by atoms with Gasteiger partial charge in [0.1, 0.15) is 13.2 Å². The van der Waals surface area contributed by atoms with Gasteiger partial charge in [-0.3, -0.25) is 4.90 Å². The van der Waals surface area contributed by atoms with Crippen LogP contribution in [0.25, 0.3) is 11.4 Å². The van der Waals surface area contributed by atoms with Crippen LogP contribution in [-0.4, -0.2) is 34.6 Å². The van der Waals surface area contributed by atoms with Crippen LogP contribution < -0.4 is 9.47 Å². The van der Waals surface area contributed by atoms with Gasteiger partial charge in [-0.15, -0.1) is 0 Å². The third-order valence-electron chi connectivity index (χ3n) is 5.48. The molecule has 1 atom stereocenters.